The maximum absolute atomic E-state index is 12.7. The molecular formula is C44H88NO7P. The Morgan fingerprint density at radius 3 is 1.40 bits per heavy atom. The van der Waals surface area contributed by atoms with Crippen LogP contribution < -0.4 is 4.89 Å². The molecule has 316 valence electrons. The second kappa shape index (κ2) is 38.0. The molecule has 0 rings (SSSR count). The lowest BCUT2D eigenvalue weighted by atomic mass is 10.0. The summed E-state index contributed by atoms with van der Waals surface area (Å²) in [6.45, 7) is 4.77. The van der Waals surface area contributed by atoms with Crippen molar-refractivity contribution in [1.29, 1.82) is 0 Å². The molecule has 0 spiro atoms. The molecule has 0 amide bonds. The van der Waals surface area contributed by atoms with E-state index in [2.05, 4.69) is 13.8 Å². The highest BCUT2D eigenvalue weighted by atomic mass is 31.2. The molecule has 2 atom stereocenters. The van der Waals surface area contributed by atoms with Crippen LogP contribution in [0.2, 0.25) is 0 Å². The number of nitrogens with zero attached hydrogens (tertiary/aromatic N) is 1. The van der Waals surface area contributed by atoms with Gasteiger partial charge in [0.25, 0.3) is 7.82 Å². The van der Waals surface area contributed by atoms with Crippen LogP contribution in [-0.2, 0) is 27.9 Å². The predicted octanol–water partition coefficient (Wildman–Crippen LogP) is 12.8. The van der Waals surface area contributed by atoms with E-state index in [-0.39, 0.29) is 25.8 Å². The van der Waals surface area contributed by atoms with Crippen LogP contribution in [0, 0.1) is 0 Å². The number of esters is 1. The lowest BCUT2D eigenvalue weighted by Gasteiger charge is -2.28. The summed E-state index contributed by atoms with van der Waals surface area (Å²) in [4.78, 5) is 25.0. The van der Waals surface area contributed by atoms with Crippen LogP contribution in [0.1, 0.15) is 213 Å². The van der Waals surface area contributed by atoms with Gasteiger partial charge in [-0.3, -0.25) is 9.36 Å². The molecule has 8 nitrogen and oxygen atoms in total. The minimum atomic E-state index is -4.53. The molecule has 0 aliphatic carbocycles. The Hall–Kier alpha value is -0.920. The van der Waals surface area contributed by atoms with Crippen LogP contribution in [0.5, 0.6) is 0 Å². The average Bonchev–Trinajstić information content (AvgIpc) is 3.11. The molecule has 0 aromatic carbocycles. The molecule has 0 saturated heterocycles. The number of likely N-dealkylation sites (N-methyl/N-ethyl adjacent to an activating group) is 1. The summed E-state index contributed by atoms with van der Waals surface area (Å²) in [5.74, 6) is -0.352. The number of quaternary nitrogens is 1. The third-order valence-corrected chi connectivity index (χ3v) is 10.9. The summed E-state index contributed by atoms with van der Waals surface area (Å²) in [6, 6.07) is 0. The Labute approximate surface area is 329 Å². The van der Waals surface area contributed by atoms with Gasteiger partial charge in [0, 0.05) is 6.42 Å². The Bertz CT molecular complexity index is 863. The maximum Gasteiger partial charge on any atom is 0.306 e. The topological polar surface area (TPSA) is 94.1 Å². The summed E-state index contributed by atoms with van der Waals surface area (Å²) in [6.07, 6.45) is 41.7. The first kappa shape index (κ1) is 52.1. The highest BCUT2D eigenvalue weighted by Crippen LogP contribution is 2.38. The molecule has 53 heavy (non-hydrogen) atoms. The number of allylic oxidation sites excluding steroid dienone is 1. The van der Waals surface area contributed by atoms with Gasteiger partial charge in [-0.15, -0.1) is 0 Å². The van der Waals surface area contributed by atoms with E-state index in [1.54, 1.807) is 6.26 Å². The largest absolute Gasteiger partial charge is 0.756 e. The first-order valence-corrected chi connectivity index (χ1v) is 23.9. The number of phosphoric acid groups is 1. The number of rotatable bonds is 42. The number of carbonyl (C=O) groups excluding carboxylic acids is 1. The van der Waals surface area contributed by atoms with E-state index in [1.165, 1.54) is 161 Å². The highest BCUT2D eigenvalue weighted by molar-refractivity contribution is 7.45. The van der Waals surface area contributed by atoms with Crippen LogP contribution >= 0.6 is 7.82 Å². The molecule has 0 saturated carbocycles. The Morgan fingerprint density at radius 2 is 0.981 bits per heavy atom. The fraction of sp³-hybridized carbons (Fsp3) is 0.932. The van der Waals surface area contributed by atoms with Crippen molar-refractivity contribution in [3.8, 4) is 0 Å². The minimum Gasteiger partial charge on any atom is -0.756 e. The van der Waals surface area contributed by atoms with Gasteiger partial charge in [-0.05, 0) is 25.3 Å². The van der Waals surface area contributed by atoms with Gasteiger partial charge in [0.2, 0.25) is 0 Å². The van der Waals surface area contributed by atoms with Gasteiger partial charge >= 0.3 is 5.97 Å². The maximum atomic E-state index is 12.7. The molecule has 1 unspecified atom stereocenters. The van der Waals surface area contributed by atoms with Crippen molar-refractivity contribution in [3.63, 3.8) is 0 Å². The highest BCUT2D eigenvalue weighted by Gasteiger charge is 2.20. The standard InChI is InChI=1S/C44H88NO7P/c1-6-8-10-12-14-16-18-20-22-24-26-28-30-32-34-36-39-49-41-43(42-51-53(47,48)50-40-38-45(3,4)5)52-44(46)37-35-33-31-29-27-25-23-21-19-17-15-13-11-9-7-2/h36,39,43H,6-35,37-38,40-42H2,1-5H3/b39-36-/t43-/m1/s1. The molecular weight excluding hydrogens is 685 g/mol. The number of unbranched alkanes of at least 4 members (excludes halogenated alkanes) is 28. The first-order valence-electron chi connectivity index (χ1n) is 22.5. The van der Waals surface area contributed by atoms with E-state index in [0.717, 1.165) is 32.1 Å². The number of phosphoric ester groups is 1. The second-order valence-electron chi connectivity index (χ2n) is 16.5. The van der Waals surface area contributed by atoms with Crippen LogP contribution in [0.15, 0.2) is 12.3 Å². The lowest BCUT2D eigenvalue weighted by Crippen LogP contribution is -2.37. The Morgan fingerprint density at radius 1 is 0.585 bits per heavy atom. The second-order valence-corrected chi connectivity index (χ2v) is 17.9. The van der Waals surface area contributed by atoms with E-state index in [4.69, 9.17) is 18.5 Å². The lowest BCUT2D eigenvalue weighted by molar-refractivity contribution is -0.870. The van der Waals surface area contributed by atoms with Gasteiger partial charge < -0.3 is 27.9 Å². The number of hydrogen-bond donors (Lipinski definition) is 0. The van der Waals surface area contributed by atoms with Crippen molar-refractivity contribution in [2.24, 2.45) is 0 Å². The third kappa shape index (κ3) is 42.1. The van der Waals surface area contributed by atoms with Crippen molar-refractivity contribution in [2.45, 2.75) is 219 Å². The smallest absolute Gasteiger partial charge is 0.306 e. The molecule has 0 heterocycles. The average molecular weight is 774 g/mol. The van der Waals surface area contributed by atoms with E-state index >= 15 is 0 Å². The molecule has 0 radical (unpaired) electrons. The summed E-state index contributed by atoms with van der Waals surface area (Å²) in [5.41, 5.74) is 0. The molecule has 0 aliphatic heterocycles. The van der Waals surface area contributed by atoms with E-state index < -0.39 is 13.9 Å². The number of hydrogen-bond acceptors (Lipinski definition) is 7. The summed E-state index contributed by atoms with van der Waals surface area (Å²) < 4.78 is 34.4. The van der Waals surface area contributed by atoms with Crippen LogP contribution in [-0.4, -0.2) is 64.1 Å². The molecule has 0 aromatic rings. The van der Waals surface area contributed by atoms with Gasteiger partial charge in [-0.1, -0.05) is 187 Å². The van der Waals surface area contributed by atoms with Crippen molar-refractivity contribution in [1.82, 2.24) is 0 Å². The van der Waals surface area contributed by atoms with Gasteiger partial charge in [-0.2, -0.15) is 0 Å². The van der Waals surface area contributed by atoms with Crippen molar-refractivity contribution in [3.05, 3.63) is 12.3 Å². The van der Waals surface area contributed by atoms with E-state index in [9.17, 15) is 14.3 Å². The molecule has 0 N–H and O–H groups in total. The van der Waals surface area contributed by atoms with Gasteiger partial charge in [0.1, 0.15) is 19.8 Å². The normalized spacial score (nSPS) is 13.8. The number of ether oxygens (including phenoxy) is 2. The van der Waals surface area contributed by atoms with Crippen LogP contribution in [0.3, 0.4) is 0 Å². The molecule has 0 aromatic heterocycles. The van der Waals surface area contributed by atoms with Gasteiger partial charge in [-0.25, -0.2) is 0 Å². The van der Waals surface area contributed by atoms with Gasteiger partial charge in [0.15, 0.2) is 6.10 Å². The monoisotopic (exact) mass is 774 g/mol. The summed E-state index contributed by atoms with van der Waals surface area (Å²) in [7, 11) is 1.34. The van der Waals surface area contributed by atoms with E-state index in [0.29, 0.717) is 17.4 Å². The van der Waals surface area contributed by atoms with Crippen LogP contribution in [0.4, 0.5) is 0 Å². The number of carbonyl (C=O) groups is 1. The van der Waals surface area contributed by atoms with Crippen molar-refractivity contribution in [2.75, 3.05) is 47.5 Å². The molecule has 0 bridgehead atoms. The van der Waals surface area contributed by atoms with Crippen molar-refractivity contribution >= 4 is 13.8 Å². The Kier molecular flexibility index (Phi) is 37.3. The fourth-order valence-electron chi connectivity index (χ4n) is 6.40. The zero-order valence-corrected chi connectivity index (χ0v) is 36.6. The zero-order valence-electron chi connectivity index (χ0n) is 35.7. The van der Waals surface area contributed by atoms with Gasteiger partial charge in [0.05, 0.1) is 34.0 Å². The zero-order chi connectivity index (χ0) is 39.1. The fourth-order valence-corrected chi connectivity index (χ4v) is 7.12. The predicted molar refractivity (Wildman–Crippen MR) is 222 cm³/mol. The summed E-state index contributed by atoms with van der Waals surface area (Å²) >= 11 is 0. The molecule has 0 fully saturated rings. The summed E-state index contributed by atoms with van der Waals surface area (Å²) in [5, 5.41) is 0. The molecule has 9 heteroatoms. The van der Waals surface area contributed by atoms with E-state index in [1.807, 2.05) is 27.2 Å². The van der Waals surface area contributed by atoms with Crippen molar-refractivity contribution < 1.29 is 37.3 Å². The molecule has 0 aliphatic rings. The third-order valence-electron chi connectivity index (χ3n) is 9.91. The Balaban J connectivity index is 4.24. The minimum absolute atomic E-state index is 0.0203. The first-order chi connectivity index (χ1) is 25.6. The SMILES string of the molecule is CCCCCCCCCCCCCCCC/C=C\OC[C@H](COP(=O)([O-])OCC[N+](C)(C)C)OC(=O)CCCCCCCCCCCCCCCCC. The quantitative estimate of drug-likeness (QED) is 0.0200. The van der Waals surface area contributed by atoms with Crippen LogP contribution in [0.25, 0.3) is 0 Å².